The van der Waals surface area contributed by atoms with Crippen LogP contribution in [0, 0.1) is 5.41 Å². The topological polar surface area (TPSA) is 41.6 Å². The van der Waals surface area contributed by atoms with Gasteiger partial charge >= 0.3 is 0 Å². The van der Waals surface area contributed by atoms with Crippen LogP contribution in [0.25, 0.3) is 11.3 Å². The minimum absolute atomic E-state index is 0.316. The van der Waals surface area contributed by atoms with Gasteiger partial charge in [0.1, 0.15) is 5.82 Å². The summed E-state index contributed by atoms with van der Waals surface area (Å²) in [5, 5.41) is 0. The van der Waals surface area contributed by atoms with Crippen molar-refractivity contribution in [3.05, 3.63) is 71.9 Å². The predicted molar refractivity (Wildman–Crippen MR) is 108 cm³/mol. The van der Waals surface area contributed by atoms with Gasteiger partial charge in [0.2, 0.25) is 0 Å². The molecule has 3 aromatic rings. The number of pyridine rings is 1. The van der Waals surface area contributed by atoms with Gasteiger partial charge < -0.3 is 4.98 Å². The normalized spacial score (nSPS) is 12.9. The molecule has 1 unspecified atom stereocenters. The van der Waals surface area contributed by atoms with Gasteiger partial charge in [-0.15, -0.1) is 0 Å². The van der Waals surface area contributed by atoms with Crippen molar-refractivity contribution in [1.29, 1.82) is 0 Å². The first-order chi connectivity index (χ1) is 12.5. The Balaban J connectivity index is 1.65. The van der Waals surface area contributed by atoms with Crippen molar-refractivity contribution in [1.82, 2.24) is 15.0 Å². The molecule has 0 spiro atoms. The standard InChI is InChI=1S/C23H29N3/c1-5-23(3,4)15-20-16-25-22(26-20)14-17(2)18-9-11-19(12-10-18)21-8-6-7-13-24-21/h6-13,16-17H,5,14-15H2,1-4H3,(H,25,26). The van der Waals surface area contributed by atoms with Crippen LogP contribution in [0.5, 0.6) is 0 Å². The highest BCUT2D eigenvalue weighted by molar-refractivity contribution is 5.59. The highest BCUT2D eigenvalue weighted by Gasteiger charge is 2.17. The van der Waals surface area contributed by atoms with Crippen LogP contribution in [0.1, 0.15) is 57.1 Å². The largest absolute Gasteiger partial charge is 0.346 e. The molecular formula is C23H29N3. The SMILES string of the molecule is CCC(C)(C)Cc1cnc(CC(C)c2ccc(-c3ccccn3)cc2)[nH]1. The summed E-state index contributed by atoms with van der Waals surface area (Å²) in [6.45, 7) is 9.11. The van der Waals surface area contributed by atoms with Gasteiger partial charge in [0, 0.05) is 30.1 Å². The third-order valence-electron chi connectivity index (χ3n) is 5.25. The molecule has 136 valence electrons. The number of nitrogens with one attached hydrogen (secondary N) is 1. The second-order valence-electron chi connectivity index (χ2n) is 7.99. The second-order valence-corrected chi connectivity index (χ2v) is 7.99. The van der Waals surface area contributed by atoms with E-state index < -0.39 is 0 Å². The molecule has 3 nitrogen and oxygen atoms in total. The lowest BCUT2D eigenvalue weighted by molar-refractivity contribution is 0.346. The Hall–Kier alpha value is -2.42. The van der Waals surface area contributed by atoms with Crippen molar-refractivity contribution in [2.45, 2.75) is 52.9 Å². The zero-order valence-corrected chi connectivity index (χ0v) is 16.3. The molecule has 3 rings (SSSR count). The molecule has 0 aliphatic heterocycles. The van der Waals surface area contributed by atoms with E-state index in [2.05, 4.69) is 66.9 Å². The second kappa shape index (κ2) is 7.86. The van der Waals surface area contributed by atoms with E-state index in [9.17, 15) is 0 Å². The Kier molecular flexibility index (Phi) is 5.55. The van der Waals surface area contributed by atoms with Crippen molar-refractivity contribution in [2.24, 2.45) is 5.41 Å². The van der Waals surface area contributed by atoms with Gasteiger partial charge in [-0.3, -0.25) is 4.98 Å². The van der Waals surface area contributed by atoms with E-state index in [4.69, 9.17) is 0 Å². The molecule has 0 aliphatic rings. The third kappa shape index (κ3) is 4.60. The number of nitrogens with zero attached hydrogens (tertiary/aromatic N) is 2. The van der Waals surface area contributed by atoms with Gasteiger partial charge in [-0.05, 0) is 35.4 Å². The average Bonchev–Trinajstić information content (AvgIpc) is 3.08. The van der Waals surface area contributed by atoms with Gasteiger partial charge in [-0.1, -0.05) is 64.4 Å². The fraction of sp³-hybridized carbons (Fsp3) is 0.391. The number of aromatic amines is 1. The third-order valence-corrected chi connectivity index (χ3v) is 5.25. The van der Waals surface area contributed by atoms with Crippen molar-refractivity contribution in [3.8, 4) is 11.3 Å². The molecule has 1 aromatic carbocycles. The minimum Gasteiger partial charge on any atom is -0.346 e. The monoisotopic (exact) mass is 347 g/mol. The Morgan fingerprint density at radius 3 is 2.46 bits per heavy atom. The van der Waals surface area contributed by atoms with Crippen molar-refractivity contribution >= 4 is 0 Å². The number of imidazole rings is 1. The lowest BCUT2D eigenvalue weighted by atomic mass is 9.85. The molecular weight excluding hydrogens is 318 g/mol. The number of H-pyrrole nitrogens is 1. The molecule has 0 fully saturated rings. The number of benzene rings is 1. The van der Waals surface area contributed by atoms with Crippen LogP contribution in [-0.4, -0.2) is 15.0 Å². The molecule has 0 saturated heterocycles. The quantitative estimate of drug-likeness (QED) is 0.587. The summed E-state index contributed by atoms with van der Waals surface area (Å²) >= 11 is 0. The zero-order valence-electron chi connectivity index (χ0n) is 16.3. The van der Waals surface area contributed by atoms with E-state index in [1.165, 1.54) is 17.7 Å². The number of hydrogen-bond acceptors (Lipinski definition) is 2. The smallest absolute Gasteiger partial charge is 0.106 e. The van der Waals surface area contributed by atoms with Crippen LogP contribution in [0.2, 0.25) is 0 Å². The number of hydrogen-bond donors (Lipinski definition) is 1. The summed E-state index contributed by atoms with van der Waals surface area (Å²) < 4.78 is 0. The zero-order chi connectivity index (χ0) is 18.6. The van der Waals surface area contributed by atoms with Gasteiger partial charge in [0.25, 0.3) is 0 Å². The maximum atomic E-state index is 4.60. The highest BCUT2D eigenvalue weighted by Crippen LogP contribution is 2.26. The number of rotatable bonds is 7. The van der Waals surface area contributed by atoms with Crippen molar-refractivity contribution < 1.29 is 0 Å². The van der Waals surface area contributed by atoms with Crippen molar-refractivity contribution in [3.63, 3.8) is 0 Å². The summed E-state index contributed by atoms with van der Waals surface area (Å²) in [6, 6.07) is 14.7. The van der Waals surface area contributed by atoms with Gasteiger partial charge in [0.15, 0.2) is 0 Å². The molecule has 0 saturated carbocycles. The first-order valence-corrected chi connectivity index (χ1v) is 9.51. The Morgan fingerprint density at radius 2 is 1.81 bits per heavy atom. The number of aromatic nitrogens is 3. The molecule has 0 radical (unpaired) electrons. The average molecular weight is 348 g/mol. The van der Waals surface area contributed by atoms with Gasteiger partial charge in [-0.2, -0.15) is 0 Å². The van der Waals surface area contributed by atoms with E-state index >= 15 is 0 Å². The maximum absolute atomic E-state index is 4.60. The van der Waals surface area contributed by atoms with E-state index in [0.717, 1.165) is 29.9 Å². The molecule has 1 N–H and O–H groups in total. The molecule has 0 bridgehead atoms. The summed E-state index contributed by atoms with van der Waals surface area (Å²) in [7, 11) is 0. The molecule has 2 aromatic heterocycles. The Labute approximate surface area is 156 Å². The van der Waals surface area contributed by atoms with E-state index in [-0.39, 0.29) is 0 Å². The molecule has 1 atom stereocenters. The fourth-order valence-electron chi connectivity index (χ4n) is 3.16. The lowest BCUT2D eigenvalue weighted by Gasteiger charge is -2.21. The van der Waals surface area contributed by atoms with E-state index in [1.807, 2.05) is 30.6 Å². The van der Waals surface area contributed by atoms with Gasteiger partial charge in [-0.25, -0.2) is 4.98 Å². The van der Waals surface area contributed by atoms with Crippen LogP contribution >= 0.6 is 0 Å². The molecule has 2 heterocycles. The summed E-state index contributed by atoms with van der Waals surface area (Å²) in [6.07, 6.45) is 6.98. The molecule has 26 heavy (non-hydrogen) atoms. The first-order valence-electron chi connectivity index (χ1n) is 9.51. The van der Waals surface area contributed by atoms with Crippen LogP contribution in [0.3, 0.4) is 0 Å². The highest BCUT2D eigenvalue weighted by atomic mass is 14.9. The Bertz CT molecular complexity index is 816. The van der Waals surface area contributed by atoms with Crippen LogP contribution in [0.15, 0.2) is 54.9 Å². The predicted octanol–water partition coefficient (Wildman–Crippen LogP) is 5.80. The molecule has 0 amide bonds. The Morgan fingerprint density at radius 1 is 1.04 bits per heavy atom. The van der Waals surface area contributed by atoms with E-state index in [0.29, 0.717) is 11.3 Å². The van der Waals surface area contributed by atoms with Crippen LogP contribution in [-0.2, 0) is 12.8 Å². The van der Waals surface area contributed by atoms with Gasteiger partial charge in [0.05, 0.1) is 5.69 Å². The first kappa shape index (κ1) is 18.4. The van der Waals surface area contributed by atoms with E-state index in [1.54, 1.807) is 0 Å². The molecule has 0 aliphatic carbocycles. The van der Waals surface area contributed by atoms with Crippen LogP contribution in [0.4, 0.5) is 0 Å². The summed E-state index contributed by atoms with van der Waals surface area (Å²) in [5.41, 5.74) is 5.06. The minimum atomic E-state index is 0.316. The maximum Gasteiger partial charge on any atom is 0.106 e. The summed E-state index contributed by atoms with van der Waals surface area (Å²) in [5.74, 6) is 1.50. The fourth-order valence-corrected chi connectivity index (χ4v) is 3.16. The van der Waals surface area contributed by atoms with Crippen LogP contribution < -0.4 is 0 Å². The summed E-state index contributed by atoms with van der Waals surface area (Å²) in [4.78, 5) is 12.5. The molecule has 3 heteroatoms. The van der Waals surface area contributed by atoms with Crippen molar-refractivity contribution in [2.75, 3.05) is 0 Å². The lowest BCUT2D eigenvalue weighted by Crippen LogP contribution is -2.13.